The first-order chi connectivity index (χ1) is 13.8. The first-order valence-corrected chi connectivity index (χ1v) is 12.2. The Morgan fingerprint density at radius 3 is 2.24 bits per heavy atom. The van der Waals surface area contributed by atoms with Crippen molar-refractivity contribution in [3.8, 4) is 11.8 Å². The molecule has 6 heteroatoms. The molecule has 3 aromatic rings. The van der Waals surface area contributed by atoms with Crippen molar-refractivity contribution in [2.45, 2.75) is 46.5 Å². The van der Waals surface area contributed by atoms with Crippen molar-refractivity contribution in [2.75, 3.05) is 12.5 Å². The average molecular weight is 453 g/mol. The Morgan fingerprint density at radius 2 is 1.69 bits per heavy atom. The Balaban J connectivity index is 0.000000941. The number of ether oxygens (including phenoxy) is 1. The van der Waals surface area contributed by atoms with Gasteiger partial charge in [-0.25, -0.2) is 0 Å². The van der Waals surface area contributed by atoms with E-state index in [1.807, 2.05) is 56.2 Å². The fraction of sp³-hybridized carbons (Fsp3) is 0.435. The zero-order valence-electron chi connectivity index (χ0n) is 18.3. The van der Waals surface area contributed by atoms with Crippen LogP contribution in [-0.4, -0.2) is 22.1 Å². The lowest BCUT2D eigenvalue weighted by Crippen LogP contribution is -2.01. The monoisotopic (exact) mass is 452 g/mol. The Labute approximate surface area is 188 Å². The molecule has 1 aromatic heterocycles. The van der Waals surface area contributed by atoms with Gasteiger partial charge in [0.15, 0.2) is 5.75 Å². The van der Waals surface area contributed by atoms with Gasteiger partial charge in [0.25, 0.3) is 0 Å². The van der Waals surface area contributed by atoms with Gasteiger partial charge in [0.05, 0.1) is 15.6 Å². The van der Waals surface area contributed by atoms with Gasteiger partial charge in [-0.1, -0.05) is 49.2 Å². The van der Waals surface area contributed by atoms with E-state index in [4.69, 9.17) is 27.9 Å². The van der Waals surface area contributed by atoms with Crippen LogP contribution in [0.5, 0.6) is 11.8 Å². The molecule has 0 amide bonds. The van der Waals surface area contributed by atoms with Crippen LogP contribution in [-0.2, 0) is 7.05 Å². The van der Waals surface area contributed by atoms with Gasteiger partial charge in [0, 0.05) is 7.05 Å². The summed E-state index contributed by atoms with van der Waals surface area (Å²) in [5, 5.41) is 1.22. The van der Waals surface area contributed by atoms with Crippen LogP contribution in [0.3, 0.4) is 0 Å². The van der Waals surface area contributed by atoms with Crippen molar-refractivity contribution in [3.63, 3.8) is 0 Å². The number of imidazole rings is 1. The summed E-state index contributed by atoms with van der Waals surface area (Å²) in [6.07, 6.45) is 6.22. The van der Waals surface area contributed by atoms with Crippen LogP contribution in [0, 0.1) is 13.8 Å². The summed E-state index contributed by atoms with van der Waals surface area (Å²) in [5.74, 6) is 1.10. The molecule has 0 aliphatic rings. The maximum atomic E-state index is 6.43. The molecule has 1 heterocycles. The van der Waals surface area contributed by atoms with Crippen molar-refractivity contribution in [1.82, 2.24) is 9.55 Å². The maximum absolute atomic E-state index is 6.43. The molecule has 3 rings (SSSR count). The third-order valence-electron chi connectivity index (χ3n) is 4.96. The molecule has 3 nitrogen and oxygen atoms in total. The molecule has 0 atom stereocenters. The van der Waals surface area contributed by atoms with Crippen LogP contribution in [0.25, 0.3) is 11.0 Å². The lowest BCUT2D eigenvalue weighted by atomic mass is 9.93. The number of hydrogen-bond acceptors (Lipinski definition) is 3. The fourth-order valence-corrected chi connectivity index (χ4v) is 4.12. The summed E-state index contributed by atoms with van der Waals surface area (Å²) >= 11 is 14.6. The highest BCUT2D eigenvalue weighted by Gasteiger charge is 2.20. The summed E-state index contributed by atoms with van der Waals surface area (Å²) in [5.41, 5.74) is 5.14. The second-order valence-electron chi connectivity index (χ2n) is 7.20. The maximum Gasteiger partial charge on any atom is 0.302 e. The lowest BCUT2D eigenvalue weighted by Gasteiger charge is -2.16. The van der Waals surface area contributed by atoms with Crippen LogP contribution in [0.1, 0.15) is 49.3 Å². The predicted octanol–water partition coefficient (Wildman–Crippen LogP) is 8.17. The van der Waals surface area contributed by atoms with E-state index in [1.54, 1.807) is 11.8 Å². The van der Waals surface area contributed by atoms with Gasteiger partial charge in [-0.15, -0.1) is 0 Å². The predicted molar refractivity (Wildman–Crippen MR) is 129 cm³/mol. The smallest absolute Gasteiger partial charge is 0.302 e. The molecule has 0 fully saturated rings. The number of rotatable bonds is 5. The van der Waals surface area contributed by atoms with Gasteiger partial charge in [-0.05, 0) is 73.9 Å². The molecule has 0 saturated heterocycles. The van der Waals surface area contributed by atoms with Gasteiger partial charge in [0.1, 0.15) is 5.52 Å². The first-order valence-electron chi connectivity index (χ1n) is 9.78. The van der Waals surface area contributed by atoms with Crippen molar-refractivity contribution in [1.29, 1.82) is 0 Å². The standard InChI is InChI=1S/C21H24Cl2N2O.C2H6S/c1-6-14(7-2)15-8-9-16(22)18-19(15)25(5)21(24-18)26-20-13(4)10-12(3)11-17(20)23;1-3-2/h8-11,14H,6-7H2,1-5H3;1-2H3. The summed E-state index contributed by atoms with van der Waals surface area (Å²) in [4.78, 5) is 4.67. The summed E-state index contributed by atoms with van der Waals surface area (Å²) in [7, 11) is 1.96. The van der Waals surface area contributed by atoms with E-state index in [2.05, 4.69) is 24.9 Å². The van der Waals surface area contributed by atoms with E-state index in [-0.39, 0.29) is 0 Å². The van der Waals surface area contributed by atoms with E-state index in [0.717, 1.165) is 35.0 Å². The second-order valence-corrected chi connectivity index (χ2v) is 8.83. The molecular formula is C23H30Cl2N2OS. The molecule has 158 valence electrons. The van der Waals surface area contributed by atoms with Gasteiger partial charge >= 0.3 is 6.01 Å². The molecule has 29 heavy (non-hydrogen) atoms. The number of halogens is 2. The minimum atomic E-state index is 0.461. The topological polar surface area (TPSA) is 27.1 Å². The third-order valence-corrected chi connectivity index (χ3v) is 5.54. The summed E-state index contributed by atoms with van der Waals surface area (Å²) in [6, 6.07) is 8.48. The number of benzene rings is 2. The van der Waals surface area contributed by atoms with Gasteiger partial charge < -0.3 is 4.74 Å². The number of aromatic nitrogens is 2. The van der Waals surface area contributed by atoms with Crippen LogP contribution >= 0.6 is 35.0 Å². The molecule has 0 N–H and O–H groups in total. The number of hydrogen-bond donors (Lipinski definition) is 0. The Bertz CT molecular complexity index is 958. The zero-order chi connectivity index (χ0) is 21.7. The van der Waals surface area contributed by atoms with Crippen LogP contribution in [0.2, 0.25) is 10.0 Å². The van der Waals surface area contributed by atoms with Crippen LogP contribution in [0.4, 0.5) is 0 Å². The van der Waals surface area contributed by atoms with Crippen molar-refractivity contribution in [2.24, 2.45) is 7.05 Å². The zero-order valence-corrected chi connectivity index (χ0v) is 20.6. The molecule has 0 bridgehead atoms. The molecule has 2 aromatic carbocycles. The van der Waals surface area contributed by atoms with Crippen LogP contribution < -0.4 is 4.74 Å². The minimum Gasteiger partial charge on any atom is -0.424 e. The molecule has 0 radical (unpaired) electrons. The highest BCUT2D eigenvalue weighted by molar-refractivity contribution is 7.97. The lowest BCUT2D eigenvalue weighted by molar-refractivity contribution is 0.425. The van der Waals surface area contributed by atoms with Crippen molar-refractivity contribution in [3.05, 3.63) is 51.0 Å². The Kier molecular flexibility index (Phi) is 8.74. The van der Waals surface area contributed by atoms with Gasteiger partial charge in [-0.2, -0.15) is 16.7 Å². The molecule has 0 aliphatic carbocycles. The normalized spacial score (nSPS) is 11.0. The van der Waals surface area contributed by atoms with E-state index in [0.29, 0.717) is 27.7 Å². The van der Waals surface area contributed by atoms with Crippen LogP contribution in [0.15, 0.2) is 24.3 Å². The molecule has 0 spiro atoms. The van der Waals surface area contributed by atoms with E-state index >= 15 is 0 Å². The Hall–Kier alpha value is -1.36. The average Bonchev–Trinajstić information content (AvgIpc) is 2.99. The van der Waals surface area contributed by atoms with Gasteiger partial charge in [-0.3, -0.25) is 4.57 Å². The SMILES string of the molecule is CCC(CC)c1ccc(Cl)c2nc(Oc3c(C)cc(C)cc3Cl)n(C)c12.CSC. The first kappa shape index (κ1) is 23.9. The number of aryl methyl sites for hydroxylation is 3. The molecule has 0 aliphatic heterocycles. The van der Waals surface area contributed by atoms with Crippen molar-refractivity contribution < 1.29 is 4.74 Å². The second kappa shape index (κ2) is 10.6. The number of thioether (sulfide) groups is 1. The van der Waals surface area contributed by atoms with Crippen molar-refractivity contribution >= 4 is 46.0 Å². The summed E-state index contributed by atoms with van der Waals surface area (Å²) < 4.78 is 8.11. The number of nitrogens with zero attached hydrogens (tertiary/aromatic N) is 2. The highest BCUT2D eigenvalue weighted by atomic mass is 35.5. The number of fused-ring (bicyclic) bond motifs is 1. The van der Waals surface area contributed by atoms with Gasteiger partial charge in [0.2, 0.25) is 0 Å². The molecule has 0 unspecified atom stereocenters. The highest BCUT2D eigenvalue weighted by Crippen LogP contribution is 2.38. The molecule has 0 saturated carbocycles. The fourth-order valence-electron chi connectivity index (χ4n) is 3.57. The minimum absolute atomic E-state index is 0.461. The molecular weight excluding hydrogens is 423 g/mol. The third kappa shape index (κ3) is 5.22. The van der Waals surface area contributed by atoms with E-state index in [9.17, 15) is 0 Å². The Morgan fingerprint density at radius 1 is 1.07 bits per heavy atom. The van der Waals surface area contributed by atoms with E-state index < -0.39 is 0 Å². The summed E-state index contributed by atoms with van der Waals surface area (Å²) in [6.45, 7) is 8.41. The largest absolute Gasteiger partial charge is 0.424 e. The quantitative estimate of drug-likeness (QED) is 0.390. The van der Waals surface area contributed by atoms with E-state index in [1.165, 1.54) is 5.56 Å².